The lowest BCUT2D eigenvalue weighted by atomic mass is 10.2. The van der Waals surface area contributed by atoms with Crippen LogP contribution in [0.15, 0.2) is 52.9 Å². The summed E-state index contributed by atoms with van der Waals surface area (Å²) in [6, 6.07) is 13.0. The minimum absolute atomic E-state index is 0.0422. The normalized spacial score (nSPS) is 11.6. The lowest BCUT2D eigenvalue weighted by Crippen LogP contribution is -2.17. The lowest BCUT2D eigenvalue weighted by Gasteiger charge is -2.10. The van der Waals surface area contributed by atoms with Gasteiger partial charge in [0.05, 0.1) is 4.92 Å². The molecule has 0 bridgehead atoms. The summed E-state index contributed by atoms with van der Waals surface area (Å²) in [5, 5.41) is 18.4. The topological polar surface area (TPSA) is 118 Å². The zero-order chi connectivity index (χ0) is 20.1. The fourth-order valence-electron chi connectivity index (χ4n) is 2.37. The Morgan fingerprint density at radius 1 is 1.21 bits per heavy atom. The summed E-state index contributed by atoms with van der Waals surface area (Å²) >= 11 is 0. The maximum absolute atomic E-state index is 12.0. The van der Waals surface area contributed by atoms with Crippen molar-refractivity contribution >= 4 is 11.7 Å². The van der Waals surface area contributed by atoms with E-state index in [2.05, 4.69) is 10.2 Å². The number of rotatable bonds is 7. The Labute approximate surface area is 160 Å². The third-order valence-electron chi connectivity index (χ3n) is 3.77. The predicted octanol–water partition coefficient (Wildman–Crippen LogP) is 3.64. The second-order valence-electron chi connectivity index (χ2n) is 5.99. The average molecular weight is 383 g/mol. The molecule has 0 amide bonds. The van der Waals surface area contributed by atoms with E-state index in [1.807, 2.05) is 25.1 Å². The number of ether oxygens (including phenoxy) is 2. The number of hydrogen-bond donors (Lipinski definition) is 0. The van der Waals surface area contributed by atoms with Crippen molar-refractivity contribution in [3.05, 3.63) is 70.1 Å². The van der Waals surface area contributed by atoms with Crippen molar-refractivity contribution < 1.29 is 23.6 Å². The molecular formula is C19H17N3O6. The lowest BCUT2D eigenvalue weighted by molar-refractivity contribution is -0.384. The van der Waals surface area contributed by atoms with Gasteiger partial charge in [0, 0.05) is 17.7 Å². The molecule has 1 atom stereocenters. The van der Waals surface area contributed by atoms with Gasteiger partial charge < -0.3 is 13.9 Å². The average Bonchev–Trinajstić information content (AvgIpc) is 3.17. The van der Waals surface area contributed by atoms with Gasteiger partial charge in [0.15, 0.2) is 12.7 Å². The second-order valence-corrected chi connectivity index (χ2v) is 5.99. The first-order valence-electron chi connectivity index (χ1n) is 8.39. The van der Waals surface area contributed by atoms with Gasteiger partial charge in [-0.05, 0) is 43.7 Å². The van der Waals surface area contributed by atoms with Gasteiger partial charge in [-0.3, -0.25) is 10.1 Å². The number of esters is 1. The summed E-state index contributed by atoms with van der Waals surface area (Å²) < 4.78 is 16.1. The van der Waals surface area contributed by atoms with Gasteiger partial charge in [-0.1, -0.05) is 12.1 Å². The summed E-state index contributed by atoms with van der Waals surface area (Å²) in [4.78, 5) is 22.2. The Morgan fingerprint density at radius 3 is 2.64 bits per heavy atom. The quantitative estimate of drug-likeness (QED) is 0.345. The number of aromatic nitrogens is 2. The van der Waals surface area contributed by atoms with Crippen LogP contribution in [-0.4, -0.2) is 27.7 Å². The SMILES string of the molecule is Cc1cccc(OCC(=O)O[C@H](C)c2nnc(-c3ccc([N+](=O)[O-])cc3)o2)c1. The van der Waals surface area contributed by atoms with E-state index in [0.717, 1.165) is 5.56 Å². The maximum atomic E-state index is 12.0. The Kier molecular flexibility index (Phi) is 5.64. The first-order valence-corrected chi connectivity index (χ1v) is 8.39. The number of carbonyl (C=O) groups is 1. The molecule has 2 aromatic carbocycles. The predicted molar refractivity (Wildman–Crippen MR) is 97.6 cm³/mol. The molecule has 0 N–H and O–H groups in total. The molecule has 0 aliphatic heterocycles. The van der Waals surface area contributed by atoms with Gasteiger partial charge in [0.25, 0.3) is 11.6 Å². The van der Waals surface area contributed by atoms with Crippen LogP contribution in [-0.2, 0) is 9.53 Å². The van der Waals surface area contributed by atoms with E-state index in [4.69, 9.17) is 13.9 Å². The van der Waals surface area contributed by atoms with E-state index < -0.39 is 17.0 Å². The second kappa shape index (κ2) is 8.30. The minimum atomic E-state index is -0.770. The Hall–Kier alpha value is -3.75. The van der Waals surface area contributed by atoms with E-state index in [-0.39, 0.29) is 24.1 Å². The van der Waals surface area contributed by atoms with Crippen LogP contribution in [0.4, 0.5) is 5.69 Å². The fourth-order valence-corrected chi connectivity index (χ4v) is 2.37. The fraction of sp³-hybridized carbons (Fsp3) is 0.211. The third kappa shape index (κ3) is 4.70. The van der Waals surface area contributed by atoms with Gasteiger partial charge in [0.2, 0.25) is 5.89 Å². The first-order chi connectivity index (χ1) is 13.4. The van der Waals surface area contributed by atoms with E-state index in [1.54, 1.807) is 13.0 Å². The molecule has 0 fully saturated rings. The molecule has 144 valence electrons. The number of nitro groups is 1. The third-order valence-corrected chi connectivity index (χ3v) is 3.77. The Bertz CT molecular complexity index is 983. The summed E-state index contributed by atoms with van der Waals surface area (Å²) in [6.07, 6.45) is -0.770. The molecule has 0 aliphatic carbocycles. The van der Waals surface area contributed by atoms with Crippen molar-refractivity contribution in [2.24, 2.45) is 0 Å². The van der Waals surface area contributed by atoms with E-state index in [0.29, 0.717) is 11.3 Å². The van der Waals surface area contributed by atoms with E-state index >= 15 is 0 Å². The molecule has 0 saturated heterocycles. The molecule has 9 heteroatoms. The summed E-state index contributed by atoms with van der Waals surface area (Å²) in [5.74, 6) is 0.271. The van der Waals surface area contributed by atoms with Gasteiger partial charge in [-0.2, -0.15) is 0 Å². The van der Waals surface area contributed by atoms with E-state index in [9.17, 15) is 14.9 Å². The van der Waals surface area contributed by atoms with Crippen LogP contribution >= 0.6 is 0 Å². The first kappa shape index (κ1) is 19.0. The van der Waals surface area contributed by atoms with Crippen LogP contribution < -0.4 is 4.74 Å². The van der Waals surface area contributed by atoms with Crippen LogP contribution in [0.1, 0.15) is 24.5 Å². The summed E-state index contributed by atoms with van der Waals surface area (Å²) in [5.41, 5.74) is 1.49. The largest absolute Gasteiger partial charge is 0.482 e. The maximum Gasteiger partial charge on any atom is 0.344 e. The molecule has 3 aromatic rings. The van der Waals surface area contributed by atoms with Crippen molar-refractivity contribution in [2.75, 3.05) is 6.61 Å². The van der Waals surface area contributed by atoms with Gasteiger partial charge >= 0.3 is 5.97 Å². The number of aryl methyl sites for hydroxylation is 1. The molecule has 0 aliphatic rings. The summed E-state index contributed by atoms with van der Waals surface area (Å²) in [7, 11) is 0. The summed E-state index contributed by atoms with van der Waals surface area (Å²) in [6.45, 7) is 3.26. The standard InChI is InChI=1S/C19H17N3O6/c1-12-4-3-5-16(10-12)26-11-17(23)27-13(2)18-20-21-19(28-18)14-6-8-15(9-7-14)22(24)25/h3-10,13H,11H2,1-2H3/t13-/m1/s1. The smallest absolute Gasteiger partial charge is 0.344 e. The highest BCUT2D eigenvalue weighted by atomic mass is 16.6. The minimum Gasteiger partial charge on any atom is -0.482 e. The number of hydrogen-bond acceptors (Lipinski definition) is 8. The van der Waals surface area contributed by atoms with Crippen molar-refractivity contribution in [2.45, 2.75) is 20.0 Å². The number of nitro benzene ring substituents is 1. The molecule has 9 nitrogen and oxygen atoms in total. The van der Waals surface area contributed by atoms with Crippen molar-refractivity contribution in [3.63, 3.8) is 0 Å². The molecular weight excluding hydrogens is 366 g/mol. The van der Waals surface area contributed by atoms with Gasteiger partial charge in [-0.15, -0.1) is 10.2 Å². The van der Waals surface area contributed by atoms with Crippen LogP contribution in [0, 0.1) is 17.0 Å². The van der Waals surface area contributed by atoms with Crippen molar-refractivity contribution in [3.8, 4) is 17.2 Å². The van der Waals surface area contributed by atoms with Gasteiger partial charge in [-0.25, -0.2) is 4.79 Å². The molecule has 0 unspecified atom stereocenters. The number of benzene rings is 2. The molecule has 0 saturated carbocycles. The Morgan fingerprint density at radius 2 is 1.96 bits per heavy atom. The Balaban J connectivity index is 1.58. The zero-order valence-corrected chi connectivity index (χ0v) is 15.2. The van der Waals surface area contributed by atoms with Crippen molar-refractivity contribution in [1.82, 2.24) is 10.2 Å². The highest BCUT2D eigenvalue weighted by Gasteiger charge is 2.19. The number of nitrogens with zero attached hydrogens (tertiary/aromatic N) is 3. The van der Waals surface area contributed by atoms with Crippen LogP contribution in [0.25, 0.3) is 11.5 Å². The molecule has 0 radical (unpaired) electrons. The van der Waals surface area contributed by atoms with E-state index in [1.165, 1.54) is 24.3 Å². The molecule has 0 spiro atoms. The van der Waals surface area contributed by atoms with Crippen LogP contribution in [0.5, 0.6) is 5.75 Å². The molecule has 28 heavy (non-hydrogen) atoms. The van der Waals surface area contributed by atoms with Gasteiger partial charge in [0.1, 0.15) is 5.75 Å². The molecule has 1 heterocycles. The molecule has 1 aromatic heterocycles. The monoisotopic (exact) mass is 383 g/mol. The molecule has 3 rings (SSSR count). The zero-order valence-electron chi connectivity index (χ0n) is 15.2. The number of carbonyl (C=O) groups excluding carboxylic acids is 1. The van der Waals surface area contributed by atoms with Crippen molar-refractivity contribution in [1.29, 1.82) is 0 Å². The number of non-ortho nitro benzene ring substituents is 1. The highest BCUT2D eigenvalue weighted by molar-refractivity contribution is 5.71. The highest BCUT2D eigenvalue weighted by Crippen LogP contribution is 2.24. The van der Waals surface area contributed by atoms with Crippen LogP contribution in [0.3, 0.4) is 0 Å². The van der Waals surface area contributed by atoms with Crippen LogP contribution in [0.2, 0.25) is 0 Å².